The highest BCUT2D eigenvalue weighted by Gasteiger charge is 2.22. The van der Waals surface area contributed by atoms with E-state index in [9.17, 15) is 4.79 Å². The summed E-state index contributed by atoms with van der Waals surface area (Å²) < 4.78 is 0. The molecule has 4 heteroatoms. The van der Waals surface area contributed by atoms with Crippen molar-refractivity contribution in [2.24, 2.45) is 5.73 Å². The van der Waals surface area contributed by atoms with Gasteiger partial charge in [-0.2, -0.15) is 0 Å². The molecule has 18 heavy (non-hydrogen) atoms. The number of amides is 1. The molecule has 1 amide bonds. The van der Waals surface area contributed by atoms with Crippen LogP contribution in [-0.4, -0.2) is 42.5 Å². The molecule has 0 saturated heterocycles. The van der Waals surface area contributed by atoms with Crippen molar-refractivity contribution in [3.05, 3.63) is 0 Å². The molecule has 0 heterocycles. The predicted octanol–water partition coefficient (Wildman–Crippen LogP) is 1.49. The van der Waals surface area contributed by atoms with Gasteiger partial charge in [-0.1, -0.05) is 19.3 Å². The molecule has 0 radical (unpaired) electrons. The number of nitrogens with zero attached hydrogens (tertiary/aromatic N) is 1. The number of likely N-dealkylation sites (N-methyl/N-ethyl adjacent to an activating group) is 1. The second-order valence-electron chi connectivity index (χ2n) is 5.77. The average molecular weight is 255 g/mol. The molecular weight excluding hydrogens is 226 g/mol. The number of hydrogen-bond acceptors (Lipinski definition) is 3. The Morgan fingerprint density at radius 3 is 2.50 bits per heavy atom. The van der Waals surface area contributed by atoms with Gasteiger partial charge in [0, 0.05) is 18.6 Å². The van der Waals surface area contributed by atoms with Gasteiger partial charge in [0.05, 0.1) is 6.04 Å². The van der Waals surface area contributed by atoms with Gasteiger partial charge in [0.25, 0.3) is 0 Å². The molecule has 2 unspecified atom stereocenters. The maximum atomic E-state index is 12.1. The van der Waals surface area contributed by atoms with Crippen LogP contribution in [0.3, 0.4) is 0 Å². The Morgan fingerprint density at radius 1 is 1.33 bits per heavy atom. The highest BCUT2D eigenvalue weighted by molar-refractivity contribution is 5.81. The molecule has 0 aromatic carbocycles. The van der Waals surface area contributed by atoms with E-state index in [0.717, 1.165) is 25.8 Å². The van der Waals surface area contributed by atoms with E-state index in [2.05, 4.69) is 10.2 Å². The van der Waals surface area contributed by atoms with E-state index >= 15 is 0 Å². The largest absolute Gasteiger partial charge is 0.352 e. The van der Waals surface area contributed by atoms with Crippen LogP contribution in [0.2, 0.25) is 0 Å². The van der Waals surface area contributed by atoms with Gasteiger partial charge in [-0.3, -0.25) is 9.69 Å². The second-order valence-corrected chi connectivity index (χ2v) is 5.77. The van der Waals surface area contributed by atoms with Crippen LogP contribution in [0.4, 0.5) is 0 Å². The lowest BCUT2D eigenvalue weighted by atomic mass is 9.95. The van der Waals surface area contributed by atoms with Gasteiger partial charge < -0.3 is 11.1 Å². The van der Waals surface area contributed by atoms with Crippen LogP contribution in [-0.2, 0) is 4.79 Å². The summed E-state index contributed by atoms with van der Waals surface area (Å²) in [5, 5.41) is 3.18. The SMILES string of the molecule is CC(N)CCN(C)C(C)C(=O)NC1CCCCC1. The average Bonchev–Trinajstić information content (AvgIpc) is 2.36. The van der Waals surface area contributed by atoms with Gasteiger partial charge in [-0.05, 0) is 40.2 Å². The molecule has 0 aromatic rings. The second kappa shape index (κ2) is 7.74. The number of rotatable bonds is 6. The lowest BCUT2D eigenvalue weighted by molar-refractivity contribution is -0.126. The zero-order chi connectivity index (χ0) is 13.5. The zero-order valence-electron chi connectivity index (χ0n) is 12.1. The minimum absolute atomic E-state index is 0.0642. The van der Waals surface area contributed by atoms with Crippen molar-refractivity contribution in [2.45, 2.75) is 70.5 Å². The van der Waals surface area contributed by atoms with Crippen molar-refractivity contribution < 1.29 is 4.79 Å². The van der Waals surface area contributed by atoms with E-state index in [1.165, 1.54) is 19.3 Å². The van der Waals surface area contributed by atoms with Gasteiger partial charge in [-0.15, -0.1) is 0 Å². The minimum Gasteiger partial charge on any atom is -0.352 e. The fraction of sp³-hybridized carbons (Fsp3) is 0.929. The molecule has 3 N–H and O–H groups in total. The van der Waals surface area contributed by atoms with Gasteiger partial charge in [0.1, 0.15) is 0 Å². The summed E-state index contributed by atoms with van der Waals surface area (Å²) in [7, 11) is 1.99. The van der Waals surface area contributed by atoms with Crippen LogP contribution in [0.1, 0.15) is 52.4 Å². The minimum atomic E-state index is -0.0642. The van der Waals surface area contributed by atoms with Crippen molar-refractivity contribution in [3.63, 3.8) is 0 Å². The first-order valence-corrected chi connectivity index (χ1v) is 7.27. The third-order valence-corrected chi connectivity index (χ3v) is 3.93. The van der Waals surface area contributed by atoms with Crippen molar-refractivity contribution in [1.29, 1.82) is 0 Å². The molecule has 106 valence electrons. The first-order valence-electron chi connectivity index (χ1n) is 7.27. The molecule has 1 rings (SSSR count). The molecule has 0 aromatic heterocycles. The lowest BCUT2D eigenvalue weighted by Gasteiger charge is -2.28. The van der Waals surface area contributed by atoms with Crippen LogP contribution in [0, 0.1) is 0 Å². The van der Waals surface area contributed by atoms with Gasteiger partial charge in [0.2, 0.25) is 5.91 Å². The Hall–Kier alpha value is -0.610. The molecule has 1 aliphatic rings. The van der Waals surface area contributed by atoms with E-state index < -0.39 is 0 Å². The molecule has 0 spiro atoms. The van der Waals surface area contributed by atoms with Crippen LogP contribution >= 0.6 is 0 Å². The molecule has 0 bridgehead atoms. The number of nitrogens with two attached hydrogens (primary N) is 1. The lowest BCUT2D eigenvalue weighted by Crippen LogP contribution is -2.48. The zero-order valence-corrected chi connectivity index (χ0v) is 12.1. The number of hydrogen-bond donors (Lipinski definition) is 2. The number of carbonyl (C=O) groups is 1. The van der Waals surface area contributed by atoms with E-state index in [1.54, 1.807) is 0 Å². The molecule has 1 saturated carbocycles. The van der Waals surface area contributed by atoms with Crippen molar-refractivity contribution in [2.75, 3.05) is 13.6 Å². The van der Waals surface area contributed by atoms with E-state index in [-0.39, 0.29) is 18.0 Å². The van der Waals surface area contributed by atoms with Gasteiger partial charge >= 0.3 is 0 Å². The molecule has 0 aliphatic heterocycles. The highest BCUT2D eigenvalue weighted by atomic mass is 16.2. The topological polar surface area (TPSA) is 58.4 Å². The molecule has 2 atom stereocenters. The Labute approximate surface area is 111 Å². The van der Waals surface area contributed by atoms with Gasteiger partial charge in [0.15, 0.2) is 0 Å². The quantitative estimate of drug-likeness (QED) is 0.756. The Bertz CT molecular complexity index is 249. The van der Waals surface area contributed by atoms with Crippen LogP contribution in [0.15, 0.2) is 0 Å². The monoisotopic (exact) mass is 255 g/mol. The number of carbonyl (C=O) groups excluding carboxylic acids is 1. The maximum Gasteiger partial charge on any atom is 0.237 e. The standard InChI is InChI=1S/C14H29N3O/c1-11(15)9-10-17(3)12(2)14(18)16-13-7-5-4-6-8-13/h11-13H,4-10,15H2,1-3H3,(H,16,18). The smallest absolute Gasteiger partial charge is 0.237 e. The Morgan fingerprint density at radius 2 is 1.94 bits per heavy atom. The summed E-state index contributed by atoms with van der Waals surface area (Å²) in [4.78, 5) is 14.2. The molecule has 1 fully saturated rings. The normalized spacial score (nSPS) is 20.7. The first kappa shape index (κ1) is 15.4. The van der Waals surface area contributed by atoms with Crippen molar-refractivity contribution >= 4 is 5.91 Å². The van der Waals surface area contributed by atoms with E-state index in [1.807, 2.05) is 20.9 Å². The first-order chi connectivity index (χ1) is 8.50. The Balaban J connectivity index is 2.30. The number of nitrogens with one attached hydrogen (secondary N) is 1. The molecule has 1 aliphatic carbocycles. The summed E-state index contributed by atoms with van der Waals surface area (Å²) >= 11 is 0. The third-order valence-electron chi connectivity index (χ3n) is 3.93. The summed E-state index contributed by atoms with van der Waals surface area (Å²) in [6.45, 7) is 4.84. The highest BCUT2D eigenvalue weighted by Crippen LogP contribution is 2.17. The summed E-state index contributed by atoms with van der Waals surface area (Å²) in [6.07, 6.45) is 7.03. The fourth-order valence-electron chi connectivity index (χ4n) is 2.37. The van der Waals surface area contributed by atoms with Crippen LogP contribution in [0.25, 0.3) is 0 Å². The Kier molecular flexibility index (Phi) is 6.65. The third kappa shape index (κ3) is 5.36. The molecular formula is C14H29N3O. The maximum absolute atomic E-state index is 12.1. The molecule has 4 nitrogen and oxygen atoms in total. The van der Waals surface area contributed by atoms with E-state index in [0.29, 0.717) is 6.04 Å². The van der Waals surface area contributed by atoms with Crippen LogP contribution in [0.5, 0.6) is 0 Å². The van der Waals surface area contributed by atoms with Gasteiger partial charge in [-0.25, -0.2) is 0 Å². The van der Waals surface area contributed by atoms with Crippen LogP contribution < -0.4 is 11.1 Å². The van der Waals surface area contributed by atoms with Crippen molar-refractivity contribution in [1.82, 2.24) is 10.2 Å². The van der Waals surface area contributed by atoms with Crippen molar-refractivity contribution in [3.8, 4) is 0 Å². The summed E-state index contributed by atoms with van der Waals surface area (Å²) in [5.41, 5.74) is 5.74. The van der Waals surface area contributed by atoms with E-state index in [4.69, 9.17) is 5.73 Å². The fourth-order valence-corrected chi connectivity index (χ4v) is 2.37. The summed E-state index contributed by atoms with van der Waals surface area (Å²) in [6, 6.07) is 0.530. The summed E-state index contributed by atoms with van der Waals surface area (Å²) in [5.74, 6) is 0.161. The predicted molar refractivity (Wildman–Crippen MR) is 75.4 cm³/mol.